The zero-order valence-corrected chi connectivity index (χ0v) is 14.7. The third kappa shape index (κ3) is 4.21. The first kappa shape index (κ1) is 15.8. The van der Waals surface area contributed by atoms with Crippen LogP contribution < -0.4 is 10.5 Å². The molecule has 2 rings (SSSR count). The molecule has 2 aromatic carbocycles. The second-order valence-electron chi connectivity index (χ2n) is 4.26. The maximum absolute atomic E-state index is 9.26. The number of phenols is 1. The molecule has 0 aliphatic rings. The van der Waals surface area contributed by atoms with Gasteiger partial charge in [-0.1, -0.05) is 0 Å². The van der Waals surface area contributed by atoms with E-state index in [0.29, 0.717) is 12.2 Å². The van der Waals surface area contributed by atoms with Crippen molar-refractivity contribution < 1.29 is 14.9 Å². The van der Waals surface area contributed by atoms with Crippen molar-refractivity contribution in [1.82, 2.24) is 0 Å². The molecule has 0 saturated carbocycles. The van der Waals surface area contributed by atoms with Crippen LogP contribution in [0.25, 0.3) is 0 Å². The summed E-state index contributed by atoms with van der Waals surface area (Å²) >= 11 is 4.38. The van der Waals surface area contributed by atoms with Crippen LogP contribution in [-0.4, -0.2) is 16.4 Å². The van der Waals surface area contributed by atoms with Crippen LogP contribution in [0.1, 0.15) is 5.56 Å². The predicted octanol–water partition coefficient (Wildman–Crippen LogP) is 3.21. The Morgan fingerprint density at radius 1 is 1.10 bits per heavy atom. The molecule has 106 valence electrons. The lowest BCUT2D eigenvalue weighted by Crippen LogP contribution is -2.21. The number of aliphatic hydroxyl groups excluding tert-OH is 1. The molecule has 20 heavy (non-hydrogen) atoms. The van der Waals surface area contributed by atoms with E-state index in [-0.39, 0.29) is 5.75 Å². The molecule has 0 amide bonds. The summed E-state index contributed by atoms with van der Waals surface area (Å²) in [7, 11) is 0. The molecule has 4 N–H and O–H groups in total. The van der Waals surface area contributed by atoms with Crippen LogP contribution in [-0.2, 0) is 6.42 Å². The minimum absolute atomic E-state index is 0.203. The zero-order valence-electron chi connectivity index (χ0n) is 10.4. The lowest BCUT2D eigenvalue weighted by molar-refractivity contribution is 0.183. The average Bonchev–Trinajstić information content (AvgIpc) is 2.35. The zero-order chi connectivity index (χ0) is 14.7. The summed E-state index contributed by atoms with van der Waals surface area (Å²) in [5, 5.41) is 18.5. The van der Waals surface area contributed by atoms with Crippen LogP contribution >= 0.6 is 45.2 Å². The van der Waals surface area contributed by atoms with Gasteiger partial charge in [0.15, 0.2) is 5.75 Å². The third-order valence-electron chi connectivity index (χ3n) is 2.56. The molecule has 1 atom stereocenters. The number of hydrogen-bond donors (Lipinski definition) is 3. The fourth-order valence-corrected chi connectivity index (χ4v) is 3.82. The number of aliphatic hydroxyl groups is 1. The molecule has 0 bridgehead atoms. The summed E-state index contributed by atoms with van der Waals surface area (Å²) in [6, 6.07) is 10.4. The van der Waals surface area contributed by atoms with Gasteiger partial charge in [-0.2, -0.15) is 0 Å². The molecule has 1 unspecified atom stereocenters. The largest absolute Gasteiger partial charge is 0.508 e. The van der Waals surface area contributed by atoms with Gasteiger partial charge in [0.05, 0.1) is 7.14 Å². The number of halogens is 2. The van der Waals surface area contributed by atoms with E-state index < -0.39 is 6.23 Å². The second kappa shape index (κ2) is 6.92. The lowest BCUT2D eigenvalue weighted by Gasteiger charge is -2.13. The van der Waals surface area contributed by atoms with E-state index in [0.717, 1.165) is 18.5 Å². The van der Waals surface area contributed by atoms with Crippen LogP contribution in [0, 0.1) is 7.14 Å². The van der Waals surface area contributed by atoms with E-state index in [9.17, 15) is 10.2 Å². The Morgan fingerprint density at radius 2 is 1.65 bits per heavy atom. The summed E-state index contributed by atoms with van der Waals surface area (Å²) in [4.78, 5) is 0. The highest BCUT2D eigenvalue weighted by atomic mass is 127. The number of aromatic hydroxyl groups is 1. The maximum atomic E-state index is 9.26. The van der Waals surface area contributed by atoms with Crippen molar-refractivity contribution in [2.24, 2.45) is 5.73 Å². The van der Waals surface area contributed by atoms with E-state index in [1.165, 1.54) is 0 Å². The molecule has 0 aliphatic heterocycles. The summed E-state index contributed by atoms with van der Waals surface area (Å²) in [5.74, 6) is 1.62. The molecule has 0 saturated heterocycles. The normalized spacial score (nSPS) is 12.2. The van der Waals surface area contributed by atoms with E-state index in [2.05, 4.69) is 45.2 Å². The summed E-state index contributed by atoms with van der Waals surface area (Å²) in [6.45, 7) is 0. The average molecular weight is 497 g/mol. The number of benzene rings is 2. The molecule has 0 aromatic heterocycles. The van der Waals surface area contributed by atoms with Gasteiger partial charge in [0.2, 0.25) is 0 Å². The minimum Gasteiger partial charge on any atom is -0.508 e. The van der Waals surface area contributed by atoms with Crippen LogP contribution in [0.2, 0.25) is 0 Å². The van der Waals surface area contributed by atoms with Crippen LogP contribution in [0.15, 0.2) is 36.4 Å². The Bertz CT molecular complexity index is 577. The lowest BCUT2D eigenvalue weighted by atomic mass is 10.1. The van der Waals surface area contributed by atoms with Gasteiger partial charge >= 0.3 is 0 Å². The Kier molecular flexibility index (Phi) is 5.47. The fraction of sp³-hybridized carbons (Fsp3) is 0.143. The van der Waals surface area contributed by atoms with E-state index >= 15 is 0 Å². The van der Waals surface area contributed by atoms with Gasteiger partial charge in [-0.25, -0.2) is 0 Å². The SMILES string of the molecule is NC(O)Cc1cc(I)c(Oc2ccc(O)cc2)c(I)c1. The molecular weight excluding hydrogens is 484 g/mol. The molecule has 0 aliphatic carbocycles. The minimum atomic E-state index is -0.856. The number of ether oxygens (including phenoxy) is 1. The first-order valence-corrected chi connectivity index (χ1v) is 8.00. The summed E-state index contributed by atoms with van der Waals surface area (Å²) in [5.41, 5.74) is 6.36. The van der Waals surface area contributed by atoms with Gasteiger partial charge in [-0.15, -0.1) is 0 Å². The van der Waals surface area contributed by atoms with Gasteiger partial charge in [0.1, 0.15) is 17.7 Å². The highest BCUT2D eigenvalue weighted by Crippen LogP contribution is 2.33. The smallest absolute Gasteiger partial charge is 0.154 e. The van der Waals surface area contributed by atoms with E-state index in [1.54, 1.807) is 24.3 Å². The van der Waals surface area contributed by atoms with E-state index in [4.69, 9.17) is 10.5 Å². The number of hydrogen-bond acceptors (Lipinski definition) is 4. The van der Waals surface area contributed by atoms with Crippen LogP contribution in [0.5, 0.6) is 17.2 Å². The molecule has 0 fully saturated rings. The highest BCUT2D eigenvalue weighted by molar-refractivity contribution is 14.1. The number of phenolic OH excluding ortho intramolecular Hbond substituents is 1. The molecule has 2 aromatic rings. The highest BCUT2D eigenvalue weighted by Gasteiger charge is 2.11. The van der Waals surface area contributed by atoms with Gasteiger partial charge < -0.3 is 20.7 Å². The third-order valence-corrected chi connectivity index (χ3v) is 4.16. The molecule has 0 radical (unpaired) electrons. The Balaban J connectivity index is 2.26. The van der Waals surface area contributed by atoms with Crippen molar-refractivity contribution in [2.45, 2.75) is 12.6 Å². The first-order chi connectivity index (χ1) is 9.45. The van der Waals surface area contributed by atoms with Gasteiger partial charge in [0, 0.05) is 6.42 Å². The van der Waals surface area contributed by atoms with Gasteiger partial charge in [-0.05, 0) is 87.1 Å². The van der Waals surface area contributed by atoms with Crippen molar-refractivity contribution in [3.05, 3.63) is 49.1 Å². The van der Waals surface area contributed by atoms with Crippen molar-refractivity contribution in [3.8, 4) is 17.2 Å². The van der Waals surface area contributed by atoms with Crippen molar-refractivity contribution >= 4 is 45.2 Å². The van der Waals surface area contributed by atoms with Crippen LogP contribution in [0.3, 0.4) is 0 Å². The monoisotopic (exact) mass is 497 g/mol. The number of nitrogens with two attached hydrogens (primary N) is 1. The van der Waals surface area contributed by atoms with Crippen molar-refractivity contribution in [2.75, 3.05) is 0 Å². The van der Waals surface area contributed by atoms with Gasteiger partial charge in [0.25, 0.3) is 0 Å². The molecule has 0 spiro atoms. The Labute approximate surface area is 144 Å². The first-order valence-electron chi connectivity index (χ1n) is 5.84. The summed E-state index contributed by atoms with van der Waals surface area (Å²) < 4.78 is 7.72. The quantitative estimate of drug-likeness (QED) is 0.449. The maximum Gasteiger partial charge on any atom is 0.154 e. The summed E-state index contributed by atoms with van der Waals surface area (Å²) in [6.07, 6.45) is -0.448. The molecule has 4 nitrogen and oxygen atoms in total. The molecular formula is C14H13I2NO3. The molecule has 6 heteroatoms. The Morgan fingerprint density at radius 3 is 2.15 bits per heavy atom. The molecule has 0 heterocycles. The fourth-order valence-electron chi connectivity index (χ4n) is 1.70. The topological polar surface area (TPSA) is 75.7 Å². The van der Waals surface area contributed by atoms with E-state index in [1.807, 2.05) is 12.1 Å². The standard InChI is InChI=1S/C14H13I2NO3/c15-11-5-8(7-13(17)19)6-12(16)14(11)20-10-3-1-9(18)2-4-10/h1-6,13,18-19H,7,17H2. The Hall–Kier alpha value is -0.580. The second-order valence-corrected chi connectivity index (χ2v) is 6.58. The van der Waals surface area contributed by atoms with Crippen molar-refractivity contribution in [3.63, 3.8) is 0 Å². The van der Waals surface area contributed by atoms with Gasteiger partial charge in [-0.3, -0.25) is 0 Å². The number of rotatable bonds is 4. The van der Waals surface area contributed by atoms with Crippen molar-refractivity contribution in [1.29, 1.82) is 0 Å². The van der Waals surface area contributed by atoms with Crippen LogP contribution in [0.4, 0.5) is 0 Å². The predicted molar refractivity (Wildman–Crippen MR) is 94.0 cm³/mol.